The van der Waals surface area contributed by atoms with Crippen molar-refractivity contribution in [3.05, 3.63) is 0 Å². The zero-order valence-electron chi connectivity index (χ0n) is 9.01. The molecule has 0 aromatic carbocycles. The van der Waals surface area contributed by atoms with Gasteiger partial charge in [0, 0.05) is 19.6 Å². The molecule has 2 N–H and O–H groups in total. The van der Waals surface area contributed by atoms with Gasteiger partial charge in [0.05, 0.1) is 12.1 Å². The molecule has 0 bridgehead atoms. The highest BCUT2D eigenvalue weighted by Gasteiger charge is 2.25. The Balaban J connectivity index is 2.13. The van der Waals surface area contributed by atoms with Gasteiger partial charge in [-0.1, -0.05) is 6.92 Å². The first kappa shape index (κ1) is 11.5. The average molecular weight is 200 g/mol. The molecule has 0 spiro atoms. The molecule has 2 atom stereocenters. The van der Waals surface area contributed by atoms with E-state index in [0.29, 0.717) is 6.42 Å². The van der Waals surface area contributed by atoms with Crippen molar-refractivity contribution in [1.29, 1.82) is 0 Å². The van der Waals surface area contributed by atoms with Crippen molar-refractivity contribution in [3.8, 4) is 0 Å². The van der Waals surface area contributed by atoms with Gasteiger partial charge in [-0.3, -0.25) is 4.79 Å². The molecule has 1 heterocycles. The maximum absolute atomic E-state index is 11.4. The van der Waals surface area contributed by atoms with Crippen LogP contribution in [-0.2, 0) is 9.53 Å². The molecule has 1 saturated heterocycles. The second-order valence-electron chi connectivity index (χ2n) is 3.64. The van der Waals surface area contributed by atoms with Gasteiger partial charge in [-0.15, -0.1) is 0 Å². The first-order chi connectivity index (χ1) is 6.74. The molecule has 0 aliphatic carbocycles. The molecular formula is C10H20N2O2. The van der Waals surface area contributed by atoms with Crippen molar-refractivity contribution >= 4 is 5.91 Å². The van der Waals surface area contributed by atoms with E-state index in [9.17, 15) is 4.79 Å². The summed E-state index contributed by atoms with van der Waals surface area (Å²) >= 11 is 0. The highest BCUT2D eigenvalue weighted by molar-refractivity contribution is 5.76. The standard InChI is InChI=1S/C10H20N2O2/c1-3-11-6-4-10(13)12-9-5-7-14-8(9)2/h8-9,11H,3-7H2,1-2H3,(H,12,13). The van der Waals surface area contributed by atoms with Crippen molar-refractivity contribution in [2.45, 2.75) is 38.8 Å². The summed E-state index contributed by atoms with van der Waals surface area (Å²) in [4.78, 5) is 11.4. The summed E-state index contributed by atoms with van der Waals surface area (Å²) in [5, 5.41) is 6.11. The average Bonchev–Trinajstić information content (AvgIpc) is 2.52. The highest BCUT2D eigenvalue weighted by Crippen LogP contribution is 2.12. The molecule has 1 fully saturated rings. The summed E-state index contributed by atoms with van der Waals surface area (Å²) in [6, 6.07) is 0.212. The van der Waals surface area contributed by atoms with Crippen molar-refractivity contribution in [3.63, 3.8) is 0 Å². The maximum atomic E-state index is 11.4. The van der Waals surface area contributed by atoms with E-state index in [0.717, 1.165) is 26.1 Å². The number of carbonyl (C=O) groups is 1. The molecule has 1 aliphatic rings. The normalized spacial score (nSPS) is 26.4. The van der Waals surface area contributed by atoms with E-state index in [4.69, 9.17) is 4.74 Å². The molecule has 0 aromatic heterocycles. The summed E-state index contributed by atoms with van der Waals surface area (Å²) in [5.74, 6) is 0.119. The van der Waals surface area contributed by atoms with Crippen molar-refractivity contribution in [2.24, 2.45) is 0 Å². The molecule has 2 unspecified atom stereocenters. The predicted molar refractivity (Wildman–Crippen MR) is 55.1 cm³/mol. The molecule has 82 valence electrons. The van der Waals surface area contributed by atoms with E-state index in [1.54, 1.807) is 0 Å². The summed E-state index contributed by atoms with van der Waals surface area (Å²) in [6.07, 6.45) is 1.66. The zero-order valence-corrected chi connectivity index (χ0v) is 9.01. The van der Waals surface area contributed by atoms with Gasteiger partial charge in [-0.2, -0.15) is 0 Å². The summed E-state index contributed by atoms with van der Waals surface area (Å²) in [7, 11) is 0. The number of amides is 1. The Hall–Kier alpha value is -0.610. The molecule has 0 radical (unpaired) electrons. The first-order valence-electron chi connectivity index (χ1n) is 5.35. The Morgan fingerprint density at radius 1 is 1.57 bits per heavy atom. The predicted octanol–water partition coefficient (Wildman–Crippen LogP) is 0.280. The van der Waals surface area contributed by atoms with E-state index >= 15 is 0 Å². The third kappa shape index (κ3) is 3.64. The fraction of sp³-hybridized carbons (Fsp3) is 0.900. The van der Waals surface area contributed by atoms with Gasteiger partial charge >= 0.3 is 0 Å². The lowest BCUT2D eigenvalue weighted by Crippen LogP contribution is -2.40. The van der Waals surface area contributed by atoms with Crippen LogP contribution in [0.15, 0.2) is 0 Å². The molecule has 1 amide bonds. The van der Waals surface area contributed by atoms with Crippen LogP contribution < -0.4 is 10.6 Å². The Morgan fingerprint density at radius 2 is 2.36 bits per heavy atom. The molecule has 14 heavy (non-hydrogen) atoms. The Bertz CT molecular complexity index is 185. The van der Waals surface area contributed by atoms with Crippen LogP contribution in [0.4, 0.5) is 0 Å². The van der Waals surface area contributed by atoms with E-state index < -0.39 is 0 Å². The minimum absolute atomic E-state index is 0.119. The maximum Gasteiger partial charge on any atom is 0.221 e. The Morgan fingerprint density at radius 3 is 2.93 bits per heavy atom. The molecule has 1 aliphatic heterocycles. The summed E-state index contributed by atoms with van der Waals surface area (Å²) in [6.45, 7) is 6.47. The molecule has 4 nitrogen and oxygen atoms in total. The number of carbonyl (C=O) groups excluding carboxylic acids is 1. The van der Waals surface area contributed by atoms with Crippen LogP contribution in [0.3, 0.4) is 0 Å². The van der Waals surface area contributed by atoms with Gasteiger partial charge in [0.1, 0.15) is 0 Å². The molecule has 1 rings (SSSR count). The van der Waals surface area contributed by atoms with Crippen LogP contribution >= 0.6 is 0 Å². The summed E-state index contributed by atoms with van der Waals surface area (Å²) in [5.41, 5.74) is 0. The molecular weight excluding hydrogens is 180 g/mol. The van der Waals surface area contributed by atoms with Gasteiger partial charge < -0.3 is 15.4 Å². The topological polar surface area (TPSA) is 50.4 Å². The van der Waals surface area contributed by atoms with Crippen LogP contribution in [-0.4, -0.2) is 37.7 Å². The van der Waals surface area contributed by atoms with Crippen LogP contribution in [0, 0.1) is 0 Å². The van der Waals surface area contributed by atoms with E-state index in [1.807, 2.05) is 13.8 Å². The molecule has 4 heteroatoms. The smallest absolute Gasteiger partial charge is 0.221 e. The van der Waals surface area contributed by atoms with Crippen LogP contribution in [0.25, 0.3) is 0 Å². The van der Waals surface area contributed by atoms with Gasteiger partial charge in [0.15, 0.2) is 0 Å². The third-order valence-corrected chi connectivity index (χ3v) is 2.50. The highest BCUT2D eigenvalue weighted by atomic mass is 16.5. The quantitative estimate of drug-likeness (QED) is 0.627. The first-order valence-corrected chi connectivity index (χ1v) is 5.35. The molecule has 0 aromatic rings. The minimum Gasteiger partial charge on any atom is -0.376 e. The number of hydrogen-bond donors (Lipinski definition) is 2. The second kappa shape index (κ2) is 5.98. The monoisotopic (exact) mass is 200 g/mol. The van der Waals surface area contributed by atoms with E-state index in [1.165, 1.54) is 0 Å². The number of hydrogen-bond acceptors (Lipinski definition) is 3. The van der Waals surface area contributed by atoms with E-state index in [-0.39, 0.29) is 18.1 Å². The van der Waals surface area contributed by atoms with Gasteiger partial charge in [0.2, 0.25) is 5.91 Å². The van der Waals surface area contributed by atoms with E-state index in [2.05, 4.69) is 10.6 Å². The molecule has 0 saturated carbocycles. The largest absolute Gasteiger partial charge is 0.376 e. The third-order valence-electron chi connectivity index (χ3n) is 2.50. The SMILES string of the molecule is CCNCCC(=O)NC1CCOC1C. The van der Waals surface area contributed by atoms with Crippen molar-refractivity contribution < 1.29 is 9.53 Å². The van der Waals surface area contributed by atoms with Crippen molar-refractivity contribution in [1.82, 2.24) is 10.6 Å². The van der Waals surface area contributed by atoms with Gasteiger partial charge in [-0.25, -0.2) is 0 Å². The Labute approximate surface area is 85.4 Å². The number of rotatable bonds is 5. The fourth-order valence-corrected chi connectivity index (χ4v) is 1.58. The number of nitrogens with one attached hydrogen (secondary N) is 2. The van der Waals surface area contributed by atoms with Crippen molar-refractivity contribution in [2.75, 3.05) is 19.7 Å². The Kier molecular flexibility index (Phi) is 4.90. The fourth-order valence-electron chi connectivity index (χ4n) is 1.58. The lowest BCUT2D eigenvalue weighted by molar-refractivity contribution is -0.122. The minimum atomic E-state index is 0.119. The van der Waals surface area contributed by atoms with Gasteiger partial charge in [0.25, 0.3) is 0 Å². The second-order valence-corrected chi connectivity index (χ2v) is 3.64. The summed E-state index contributed by atoms with van der Waals surface area (Å²) < 4.78 is 5.36. The zero-order chi connectivity index (χ0) is 10.4. The van der Waals surface area contributed by atoms with Crippen LogP contribution in [0.2, 0.25) is 0 Å². The number of ether oxygens (including phenoxy) is 1. The van der Waals surface area contributed by atoms with Crippen LogP contribution in [0.1, 0.15) is 26.7 Å². The van der Waals surface area contributed by atoms with Crippen LogP contribution in [0.5, 0.6) is 0 Å². The lowest BCUT2D eigenvalue weighted by Gasteiger charge is -2.15. The van der Waals surface area contributed by atoms with Gasteiger partial charge in [-0.05, 0) is 19.9 Å². The lowest BCUT2D eigenvalue weighted by atomic mass is 10.1.